The quantitative estimate of drug-likeness (QED) is 0.874. The van der Waals surface area contributed by atoms with E-state index >= 15 is 0 Å². The summed E-state index contributed by atoms with van der Waals surface area (Å²) in [4.78, 5) is 0.362. The monoisotopic (exact) mass is 333 g/mol. The Morgan fingerprint density at radius 2 is 2.00 bits per heavy atom. The minimum atomic E-state index is -3.23. The number of thioether (sulfide) groups is 1. The Hall–Kier alpha value is -1.66. The van der Waals surface area contributed by atoms with Crippen molar-refractivity contribution >= 4 is 27.3 Å². The summed E-state index contributed by atoms with van der Waals surface area (Å²) in [5.41, 5.74) is 1.78. The van der Waals surface area contributed by atoms with Crippen molar-refractivity contribution in [3.05, 3.63) is 48.0 Å². The van der Waals surface area contributed by atoms with Crippen LogP contribution in [0, 0.1) is 0 Å². The third-order valence-electron chi connectivity index (χ3n) is 3.78. The molecule has 2 aliphatic heterocycles. The number of para-hydroxylation sites is 1. The summed E-state index contributed by atoms with van der Waals surface area (Å²) >= 11 is 1.69. The fraction of sp³-hybridized carbons (Fsp3) is 0.250. The van der Waals surface area contributed by atoms with Gasteiger partial charge in [0.15, 0.2) is 15.6 Å². The van der Waals surface area contributed by atoms with Crippen molar-refractivity contribution in [2.75, 3.05) is 16.8 Å². The van der Waals surface area contributed by atoms with Crippen molar-refractivity contribution in [3.8, 4) is 11.5 Å². The molecule has 4 nitrogen and oxygen atoms in total. The number of anilines is 1. The zero-order valence-electron chi connectivity index (χ0n) is 11.8. The van der Waals surface area contributed by atoms with Crippen LogP contribution in [0.25, 0.3) is 0 Å². The highest BCUT2D eigenvalue weighted by atomic mass is 32.2. The summed E-state index contributed by atoms with van der Waals surface area (Å²) in [6.07, 6.45) is 0. The molecule has 22 heavy (non-hydrogen) atoms. The van der Waals surface area contributed by atoms with E-state index in [1.54, 1.807) is 30.0 Å². The van der Waals surface area contributed by atoms with Crippen LogP contribution in [-0.4, -0.2) is 25.2 Å². The van der Waals surface area contributed by atoms with Crippen LogP contribution in [-0.2, 0) is 16.4 Å². The first-order valence-corrected chi connectivity index (χ1v) is 9.80. The highest BCUT2D eigenvalue weighted by Crippen LogP contribution is 2.38. The molecule has 6 heteroatoms. The SMILES string of the molecule is O=S(=O)(CC1CS1)c1ccc2c(c1)NCc1ccccc1O2. The van der Waals surface area contributed by atoms with Crippen LogP contribution in [0.15, 0.2) is 47.4 Å². The Morgan fingerprint density at radius 3 is 2.82 bits per heavy atom. The second kappa shape index (κ2) is 5.21. The summed E-state index contributed by atoms with van der Waals surface area (Å²) in [7, 11) is -3.23. The summed E-state index contributed by atoms with van der Waals surface area (Å²) in [6, 6.07) is 12.9. The number of fused-ring (bicyclic) bond motifs is 2. The zero-order chi connectivity index (χ0) is 15.2. The van der Waals surface area contributed by atoms with Crippen LogP contribution in [0.4, 0.5) is 5.69 Å². The van der Waals surface area contributed by atoms with E-state index in [0.717, 1.165) is 22.8 Å². The van der Waals surface area contributed by atoms with Crippen molar-refractivity contribution in [1.29, 1.82) is 0 Å². The van der Waals surface area contributed by atoms with Gasteiger partial charge in [-0.15, -0.1) is 0 Å². The van der Waals surface area contributed by atoms with Gasteiger partial charge in [0.05, 0.1) is 16.3 Å². The van der Waals surface area contributed by atoms with Gasteiger partial charge in [0.2, 0.25) is 0 Å². The maximum Gasteiger partial charge on any atom is 0.179 e. The lowest BCUT2D eigenvalue weighted by Crippen LogP contribution is -2.11. The minimum absolute atomic E-state index is 0.220. The smallest absolute Gasteiger partial charge is 0.179 e. The Labute approximate surface area is 133 Å². The number of hydrogen-bond donors (Lipinski definition) is 1. The molecule has 4 rings (SSSR count). The predicted octanol–water partition coefficient (Wildman–Crippen LogP) is 3.29. The maximum atomic E-state index is 12.4. The largest absolute Gasteiger partial charge is 0.455 e. The maximum absolute atomic E-state index is 12.4. The average molecular weight is 333 g/mol. The van der Waals surface area contributed by atoms with Gasteiger partial charge in [0.25, 0.3) is 0 Å². The molecular weight excluding hydrogens is 318 g/mol. The third-order valence-corrected chi connectivity index (χ3v) is 6.78. The van der Waals surface area contributed by atoms with Gasteiger partial charge in [-0.3, -0.25) is 0 Å². The van der Waals surface area contributed by atoms with Crippen LogP contribution in [0.5, 0.6) is 11.5 Å². The van der Waals surface area contributed by atoms with E-state index in [2.05, 4.69) is 5.32 Å². The van der Waals surface area contributed by atoms with Crippen LogP contribution >= 0.6 is 11.8 Å². The summed E-state index contributed by atoms with van der Waals surface area (Å²) < 4.78 is 30.7. The molecule has 0 saturated carbocycles. The normalized spacial score (nSPS) is 19.2. The number of nitrogens with one attached hydrogen (secondary N) is 1. The van der Waals surface area contributed by atoms with E-state index in [9.17, 15) is 8.42 Å². The second-order valence-electron chi connectivity index (χ2n) is 5.46. The lowest BCUT2D eigenvalue weighted by atomic mass is 10.2. The summed E-state index contributed by atoms with van der Waals surface area (Å²) in [5.74, 6) is 2.63. The number of benzene rings is 2. The Bertz CT molecular complexity index is 829. The Morgan fingerprint density at radius 1 is 1.18 bits per heavy atom. The van der Waals surface area contributed by atoms with Crippen molar-refractivity contribution in [1.82, 2.24) is 0 Å². The van der Waals surface area contributed by atoms with Gasteiger partial charge in [0.1, 0.15) is 5.75 Å². The van der Waals surface area contributed by atoms with E-state index in [0.29, 0.717) is 17.2 Å². The van der Waals surface area contributed by atoms with E-state index < -0.39 is 9.84 Å². The number of rotatable bonds is 3. The molecule has 114 valence electrons. The van der Waals surface area contributed by atoms with Crippen LogP contribution < -0.4 is 10.1 Å². The van der Waals surface area contributed by atoms with Crippen molar-refractivity contribution in [3.63, 3.8) is 0 Å². The fourth-order valence-electron chi connectivity index (χ4n) is 2.49. The zero-order valence-corrected chi connectivity index (χ0v) is 13.4. The molecule has 1 saturated heterocycles. The number of ether oxygens (including phenoxy) is 1. The minimum Gasteiger partial charge on any atom is -0.455 e. The molecule has 2 aliphatic rings. The van der Waals surface area contributed by atoms with Crippen LogP contribution in [0.2, 0.25) is 0 Å². The summed E-state index contributed by atoms with van der Waals surface area (Å²) in [6.45, 7) is 0.616. The Balaban J connectivity index is 1.68. The highest BCUT2D eigenvalue weighted by Gasteiger charge is 2.30. The fourth-order valence-corrected chi connectivity index (χ4v) is 5.19. The van der Waals surface area contributed by atoms with Gasteiger partial charge in [-0.2, -0.15) is 11.8 Å². The molecule has 0 amide bonds. The lowest BCUT2D eigenvalue weighted by Gasteiger charge is -2.10. The van der Waals surface area contributed by atoms with Crippen LogP contribution in [0.1, 0.15) is 5.56 Å². The third kappa shape index (κ3) is 2.68. The number of hydrogen-bond acceptors (Lipinski definition) is 5. The van der Waals surface area contributed by atoms with Gasteiger partial charge in [-0.25, -0.2) is 8.42 Å². The Kier molecular flexibility index (Phi) is 3.31. The van der Waals surface area contributed by atoms with Gasteiger partial charge in [-0.05, 0) is 24.3 Å². The first kappa shape index (κ1) is 14.0. The van der Waals surface area contributed by atoms with Crippen LogP contribution in [0.3, 0.4) is 0 Å². The molecule has 0 aliphatic carbocycles. The molecule has 0 bridgehead atoms. The van der Waals surface area contributed by atoms with E-state index in [1.165, 1.54) is 0 Å². The predicted molar refractivity (Wildman–Crippen MR) is 88.6 cm³/mol. The molecular formula is C16H15NO3S2. The molecule has 2 aromatic rings. The lowest BCUT2D eigenvalue weighted by molar-refractivity contribution is 0.483. The standard InChI is InChI=1S/C16H15NO3S2/c18-22(19,10-12-9-21-12)13-5-6-16-14(7-13)17-8-11-3-1-2-4-15(11)20-16/h1-7,12,17H,8-10H2. The first-order chi connectivity index (χ1) is 10.6. The van der Waals surface area contributed by atoms with Crippen molar-refractivity contribution in [2.45, 2.75) is 16.7 Å². The first-order valence-electron chi connectivity index (χ1n) is 7.10. The van der Waals surface area contributed by atoms with Gasteiger partial charge < -0.3 is 10.1 Å². The number of sulfone groups is 1. The molecule has 1 unspecified atom stereocenters. The molecule has 1 fully saturated rings. The summed E-state index contributed by atoms with van der Waals surface area (Å²) in [5, 5.41) is 3.53. The van der Waals surface area contributed by atoms with Gasteiger partial charge in [-0.1, -0.05) is 18.2 Å². The van der Waals surface area contributed by atoms with E-state index in [4.69, 9.17) is 4.74 Å². The van der Waals surface area contributed by atoms with E-state index in [1.807, 2.05) is 24.3 Å². The van der Waals surface area contributed by atoms with Crippen molar-refractivity contribution < 1.29 is 13.2 Å². The van der Waals surface area contributed by atoms with Crippen molar-refractivity contribution in [2.24, 2.45) is 0 Å². The van der Waals surface area contributed by atoms with Gasteiger partial charge in [0, 0.05) is 23.1 Å². The second-order valence-corrected chi connectivity index (χ2v) is 8.83. The molecule has 1 atom stereocenters. The average Bonchev–Trinajstić information content (AvgIpc) is 3.31. The molecule has 2 heterocycles. The molecule has 0 radical (unpaired) electrons. The van der Waals surface area contributed by atoms with E-state index in [-0.39, 0.29) is 11.0 Å². The molecule has 0 aromatic heterocycles. The molecule has 1 N–H and O–H groups in total. The molecule has 2 aromatic carbocycles. The van der Waals surface area contributed by atoms with Gasteiger partial charge >= 0.3 is 0 Å². The molecule has 0 spiro atoms. The topological polar surface area (TPSA) is 55.4 Å². The highest BCUT2D eigenvalue weighted by molar-refractivity contribution is 8.08.